The van der Waals surface area contributed by atoms with Gasteiger partial charge in [-0.15, -0.1) is 0 Å². The number of rotatable bonds is 0. The lowest BCUT2D eigenvalue weighted by atomic mass is 9.86. The molecule has 2 unspecified atom stereocenters. The summed E-state index contributed by atoms with van der Waals surface area (Å²) in [6.45, 7) is 2.58. The second-order valence-electron chi connectivity index (χ2n) is 3.93. The minimum atomic E-state index is 0.949. The van der Waals surface area contributed by atoms with Crippen molar-refractivity contribution in [2.75, 3.05) is 13.1 Å². The van der Waals surface area contributed by atoms with Crippen molar-refractivity contribution in [3.8, 4) is 0 Å². The van der Waals surface area contributed by atoms with Crippen molar-refractivity contribution in [3.63, 3.8) is 0 Å². The third kappa shape index (κ3) is 0.485. The molecule has 0 aromatic carbocycles. The second-order valence-corrected chi connectivity index (χ2v) is 3.93. The van der Waals surface area contributed by atoms with Gasteiger partial charge in [-0.1, -0.05) is 12.2 Å². The third-order valence-corrected chi connectivity index (χ3v) is 3.56. The second kappa shape index (κ2) is 1.65. The summed E-state index contributed by atoms with van der Waals surface area (Å²) in [5.41, 5.74) is 0. The SMILES string of the molecule is C1=C[C@H]2C[C@@H]1C1CNCC12. The van der Waals surface area contributed by atoms with Crippen molar-refractivity contribution < 1.29 is 0 Å². The van der Waals surface area contributed by atoms with Crippen LogP contribution in [0.25, 0.3) is 0 Å². The van der Waals surface area contributed by atoms with Gasteiger partial charge in [0, 0.05) is 0 Å². The Kier molecular flexibility index (Phi) is 0.883. The van der Waals surface area contributed by atoms with E-state index in [0.29, 0.717) is 0 Å². The lowest BCUT2D eigenvalue weighted by molar-refractivity contribution is 0.395. The Labute approximate surface area is 61.5 Å². The van der Waals surface area contributed by atoms with Crippen LogP contribution < -0.4 is 5.32 Å². The molecule has 2 fully saturated rings. The van der Waals surface area contributed by atoms with Crippen LogP contribution in [0.15, 0.2) is 12.2 Å². The van der Waals surface area contributed by atoms with Crippen molar-refractivity contribution in [3.05, 3.63) is 12.2 Å². The molecule has 4 atom stereocenters. The molecule has 1 nitrogen and oxygen atoms in total. The first-order valence-electron chi connectivity index (χ1n) is 4.34. The number of fused-ring (bicyclic) bond motifs is 5. The summed E-state index contributed by atoms with van der Waals surface area (Å²) in [5.74, 6) is 3.92. The van der Waals surface area contributed by atoms with Gasteiger partial charge < -0.3 is 5.32 Å². The topological polar surface area (TPSA) is 12.0 Å². The molecular weight excluding hydrogens is 122 g/mol. The fourth-order valence-corrected chi connectivity index (χ4v) is 3.05. The van der Waals surface area contributed by atoms with E-state index in [1.165, 1.54) is 19.5 Å². The number of nitrogens with one attached hydrogen (secondary N) is 1. The van der Waals surface area contributed by atoms with Crippen molar-refractivity contribution in [1.82, 2.24) is 5.32 Å². The normalized spacial score (nSPS) is 56.0. The lowest BCUT2D eigenvalue weighted by Gasteiger charge is -2.17. The smallest absolute Gasteiger partial charge is 0.00114 e. The predicted octanol–water partition coefficient (Wildman–Crippen LogP) is 1.03. The molecule has 2 bridgehead atoms. The average Bonchev–Trinajstić information content (AvgIpc) is 2.60. The van der Waals surface area contributed by atoms with Gasteiger partial charge in [0.05, 0.1) is 0 Å². The van der Waals surface area contributed by atoms with E-state index in [1.54, 1.807) is 0 Å². The molecular formula is C9H13N. The van der Waals surface area contributed by atoms with Crippen molar-refractivity contribution in [1.29, 1.82) is 0 Å². The molecule has 3 rings (SSSR count). The highest BCUT2D eigenvalue weighted by atomic mass is 14.9. The minimum Gasteiger partial charge on any atom is -0.316 e. The molecule has 1 heterocycles. The molecule has 3 aliphatic rings. The van der Waals surface area contributed by atoms with Crippen molar-refractivity contribution in [2.45, 2.75) is 6.42 Å². The van der Waals surface area contributed by atoms with E-state index in [2.05, 4.69) is 17.5 Å². The van der Waals surface area contributed by atoms with Crippen molar-refractivity contribution >= 4 is 0 Å². The van der Waals surface area contributed by atoms with Gasteiger partial charge in [-0.3, -0.25) is 0 Å². The van der Waals surface area contributed by atoms with E-state index >= 15 is 0 Å². The number of allylic oxidation sites excluding steroid dienone is 2. The molecule has 1 saturated carbocycles. The highest BCUT2D eigenvalue weighted by molar-refractivity contribution is 5.15. The Morgan fingerprint density at radius 1 is 1.00 bits per heavy atom. The fraction of sp³-hybridized carbons (Fsp3) is 0.778. The standard InChI is InChI=1S/C9H13N/c1-2-7-3-6(1)8-4-10-5-9(7)8/h1-2,6-10H,3-5H2/t6-,7+,8?,9?. The maximum atomic E-state index is 3.49. The Hall–Kier alpha value is -0.300. The van der Waals surface area contributed by atoms with Crippen LogP contribution in [0.2, 0.25) is 0 Å². The molecule has 1 saturated heterocycles. The molecule has 1 heteroatoms. The van der Waals surface area contributed by atoms with E-state index in [9.17, 15) is 0 Å². The Balaban J connectivity index is 1.99. The summed E-state index contributed by atoms with van der Waals surface area (Å²) in [6, 6.07) is 0. The highest BCUT2D eigenvalue weighted by Gasteiger charge is 2.46. The largest absolute Gasteiger partial charge is 0.316 e. The van der Waals surface area contributed by atoms with E-state index in [4.69, 9.17) is 0 Å². The van der Waals surface area contributed by atoms with Gasteiger partial charge in [-0.05, 0) is 43.2 Å². The highest BCUT2D eigenvalue weighted by Crippen LogP contribution is 2.49. The zero-order chi connectivity index (χ0) is 6.55. The summed E-state index contributed by atoms with van der Waals surface area (Å²) in [5, 5.41) is 3.49. The third-order valence-electron chi connectivity index (χ3n) is 3.56. The number of hydrogen-bond donors (Lipinski definition) is 1. The van der Waals surface area contributed by atoms with Crippen LogP contribution in [0.1, 0.15) is 6.42 Å². The summed E-state index contributed by atoms with van der Waals surface area (Å²) < 4.78 is 0. The first-order chi connectivity index (χ1) is 4.95. The molecule has 1 aliphatic heterocycles. The molecule has 0 aromatic rings. The van der Waals surface area contributed by atoms with Gasteiger partial charge in [0.25, 0.3) is 0 Å². The summed E-state index contributed by atoms with van der Waals surface area (Å²) in [6.07, 6.45) is 6.36. The van der Waals surface area contributed by atoms with Crippen LogP contribution in [-0.2, 0) is 0 Å². The molecule has 54 valence electrons. The molecule has 0 radical (unpaired) electrons. The minimum absolute atomic E-state index is 0.949. The van der Waals surface area contributed by atoms with Crippen LogP contribution in [0.4, 0.5) is 0 Å². The van der Waals surface area contributed by atoms with E-state index < -0.39 is 0 Å². The van der Waals surface area contributed by atoms with Crippen LogP contribution in [0.3, 0.4) is 0 Å². The summed E-state index contributed by atoms with van der Waals surface area (Å²) >= 11 is 0. The van der Waals surface area contributed by atoms with Gasteiger partial charge in [0.1, 0.15) is 0 Å². The first kappa shape index (κ1) is 5.36. The monoisotopic (exact) mass is 135 g/mol. The predicted molar refractivity (Wildman–Crippen MR) is 40.6 cm³/mol. The van der Waals surface area contributed by atoms with E-state index in [-0.39, 0.29) is 0 Å². The Bertz CT molecular complexity index is 167. The maximum Gasteiger partial charge on any atom is -0.00114 e. The summed E-state index contributed by atoms with van der Waals surface area (Å²) in [7, 11) is 0. The maximum absolute atomic E-state index is 3.49. The molecule has 0 aromatic heterocycles. The average molecular weight is 135 g/mol. The quantitative estimate of drug-likeness (QED) is 0.489. The van der Waals surface area contributed by atoms with Gasteiger partial charge >= 0.3 is 0 Å². The molecule has 1 N–H and O–H groups in total. The first-order valence-corrected chi connectivity index (χ1v) is 4.34. The Morgan fingerprint density at radius 3 is 2.20 bits per heavy atom. The molecule has 0 spiro atoms. The van der Waals surface area contributed by atoms with Crippen molar-refractivity contribution in [2.24, 2.45) is 23.7 Å². The fourth-order valence-electron chi connectivity index (χ4n) is 3.05. The molecule has 0 amide bonds. The molecule has 10 heavy (non-hydrogen) atoms. The zero-order valence-corrected chi connectivity index (χ0v) is 6.09. The van der Waals surface area contributed by atoms with Gasteiger partial charge in [-0.2, -0.15) is 0 Å². The van der Waals surface area contributed by atoms with Gasteiger partial charge in [0.2, 0.25) is 0 Å². The van der Waals surface area contributed by atoms with Crippen LogP contribution in [0, 0.1) is 23.7 Å². The van der Waals surface area contributed by atoms with Crippen LogP contribution in [0.5, 0.6) is 0 Å². The van der Waals surface area contributed by atoms with Gasteiger partial charge in [-0.25, -0.2) is 0 Å². The van der Waals surface area contributed by atoms with E-state index in [0.717, 1.165) is 23.7 Å². The summed E-state index contributed by atoms with van der Waals surface area (Å²) in [4.78, 5) is 0. The Morgan fingerprint density at radius 2 is 1.60 bits per heavy atom. The van der Waals surface area contributed by atoms with Crippen LogP contribution >= 0.6 is 0 Å². The van der Waals surface area contributed by atoms with E-state index in [1.807, 2.05) is 0 Å². The number of hydrogen-bond acceptors (Lipinski definition) is 1. The molecule has 2 aliphatic carbocycles. The zero-order valence-electron chi connectivity index (χ0n) is 6.09. The van der Waals surface area contributed by atoms with Gasteiger partial charge in [0.15, 0.2) is 0 Å². The van der Waals surface area contributed by atoms with Crippen LogP contribution in [-0.4, -0.2) is 13.1 Å². The lowest BCUT2D eigenvalue weighted by Crippen LogP contribution is -2.16.